The molecule has 0 fully saturated rings. The predicted molar refractivity (Wildman–Crippen MR) is 54.9 cm³/mol. The zero-order valence-electron chi connectivity index (χ0n) is 9.09. The van der Waals surface area contributed by atoms with Crippen molar-refractivity contribution in [3.8, 4) is 0 Å². The minimum atomic E-state index is -0.935. The van der Waals surface area contributed by atoms with Crippen LogP contribution in [-0.4, -0.2) is 12.7 Å². The summed E-state index contributed by atoms with van der Waals surface area (Å²) in [6, 6.07) is 3.05. The summed E-state index contributed by atoms with van der Waals surface area (Å²) in [6.07, 6.45) is -0.584. The van der Waals surface area contributed by atoms with Crippen molar-refractivity contribution in [2.75, 3.05) is 6.61 Å². The smallest absolute Gasteiger partial charge is 0.407 e. The number of ether oxygens (including phenoxy) is 1. The molecule has 0 aliphatic rings. The standard InChI is InChI=1S/C11H13F2NO2/c1-3-16-11(15)14-7(2)8-4-5-9(12)10(13)6-8/h4-7H,3H2,1-2H3,(H,14,15). The molecule has 5 heteroatoms. The van der Waals surface area contributed by atoms with Crippen LogP contribution in [0, 0.1) is 11.6 Å². The number of alkyl carbamates (subject to hydrolysis) is 1. The monoisotopic (exact) mass is 229 g/mol. The molecule has 0 aliphatic heterocycles. The number of hydrogen-bond donors (Lipinski definition) is 1. The van der Waals surface area contributed by atoms with E-state index < -0.39 is 23.8 Å². The van der Waals surface area contributed by atoms with E-state index >= 15 is 0 Å². The van der Waals surface area contributed by atoms with Crippen molar-refractivity contribution in [3.63, 3.8) is 0 Å². The zero-order chi connectivity index (χ0) is 12.1. The highest BCUT2D eigenvalue weighted by molar-refractivity contribution is 5.67. The summed E-state index contributed by atoms with van der Waals surface area (Å²) in [5.41, 5.74) is 0.479. The van der Waals surface area contributed by atoms with Gasteiger partial charge in [0.2, 0.25) is 0 Å². The second-order valence-electron chi connectivity index (χ2n) is 3.26. The molecule has 1 rings (SSSR count). The number of carbonyl (C=O) groups is 1. The van der Waals surface area contributed by atoms with Gasteiger partial charge in [-0.15, -0.1) is 0 Å². The molecule has 0 radical (unpaired) electrons. The van der Waals surface area contributed by atoms with Crippen LogP contribution in [0.2, 0.25) is 0 Å². The largest absolute Gasteiger partial charge is 0.450 e. The number of carbonyl (C=O) groups excluding carboxylic acids is 1. The Balaban J connectivity index is 2.69. The van der Waals surface area contributed by atoms with Crippen LogP contribution in [-0.2, 0) is 4.74 Å². The number of hydrogen-bond acceptors (Lipinski definition) is 2. The molecule has 88 valence electrons. The fraction of sp³-hybridized carbons (Fsp3) is 0.364. The average molecular weight is 229 g/mol. The Morgan fingerprint density at radius 1 is 1.44 bits per heavy atom. The van der Waals surface area contributed by atoms with E-state index in [0.717, 1.165) is 12.1 Å². The van der Waals surface area contributed by atoms with Crippen molar-refractivity contribution < 1.29 is 18.3 Å². The Kier molecular flexibility index (Phi) is 4.22. The van der Waals surface area contributed by atoms with Crippen LogP contribution in [0.1, 0.15) is 25.5 Å². The molecule has 1 amide bonds. The normalized spacial score (nSPS) is 12.0. The van der Waals surface area contributed by atoms with E-state index in [0.29, 0.717) is 5.56 Å². The lowest BCUT2D eigenvalue weighted by Crippen LogP contribution is -2.27. The summed E-state index contributed by atoms with van der Waals surface area (Å²) >= 11 is 0. The van der Waals surface area contributed by atoms with E-state index in [2.05, 4.69) is 10.1 Å². The van der Waals surface area contributed by atoms with E-state index in [1.807, 2.05) is 0 Å². The van der Waals surface area contributed by atoms with Crippen molar-refractivity contribution in [1.82, 2.24) is 5.32 Å². The van der Waals surface area contributed by atoms with Crippen LogP contribution in [0.3, 0.4) is 0 Å². The first-order chi connectivity index (χ1) is 7.54. The average Bonchev–Trinajstić information content (AvgIpc) is 2.22. The number of amides is 1. The number of benzene rings is 1. The van der Waals surface area contributed by atoms with Gasteiger partial charge in [0.25, 0.3) is 0 Å². The molecule has 3 nitrogen and oxygen atoms in total. The zero-order valence-corrected chi connectivity index (χ0v) is 9.09. The quantitative estimate of drug-likeness (QED) is 0.865. The molecule has 1 unspecified atom stereocenters. The predicted octanol–water partition coefficient (Wildman–Crippen LogP) is 2.77. The van der Waals surface area contributed by atoms with Crippen molar-refractivity contribution in [3.05, 3.63) is 35.4 Å². The fourth-order valence-electron chi connectivity index (χ4n) is 1.21. The first-order valence-corrected chi connectivity index (χ1v) is 4.92. The van der Waals surface area contributed by atoms with Crippen LogP contribution in [0.15, 0.2) is 18.2 Å². The van der Waals surface area contributed by atoms with Crippen LogP contribution >= 0.6 is 0 Å². The Morgan fingerprint density at radius 2 is 2.12 bits per heavy atom. The summed E-state index contributed by atoms with van der Waals surface area (Å²) < 4.78 is 30.2. The van der Waals surface area contributed by atoms with Crippen LogP contribution in [0.25, 0.3) is 0 Å². The highest BCUT2D eigenvalue weighted by atomic mass is 19.2. The minimum absolute atomic E-state index is 0.260. The molecule has 0 heterocycles. The topological polar surface area (TPSA) is 38.3 Å². The summed E-state index contributed by atoms with van der Waals surface area (Å²) in [6.45, 7) is 3.60. The third kappa shape index (κ3) is 3.18. The van der Waals surface area contributed by atoms with E-state index in [-0.39, 0.29) is 6.61 Å². The second-order valence-corrected chi connectivity index (χ2v) is 3.26. The SMILES string of the molecule is CCOC(=O)NC(C)c1ccc(F)c(F)c1. The van der Waals surface area contributed by atoms with Gasteiger partial charge in [-0.2, -0.15) is 0 Å². The maximum absolute atomic E-state index is 12.9. The number of halogens is 2. The van der Waals surface area contributed by atoms with Gasteiger partial charge >= 0.3 is 6.09 Å². The van der Waals surface area contributed by atoms with Gasteiger partial charge in [0.05, 0.1) is 12.6 Å². The van der Waals surface area contributed by atoms with Gasteiger partial charge in [0, 0.05) is 0 Å². The van der Waals surface area contributed by atoms with Crippen molar-refractivity contribution in [2.45, 2.75) is 19.9 Å². The molecule has 0 bridgehead atoms. The van der Waals surface area contributed by atoms with E-state index in [4.69, 9.17) is 0 Å². The molecular weight excluding hydrogens is 216 g/mol. The third-order valence-corrected chi connectivity index (χ3v) is 2.05. The van der Waals surface area contributed by atoms with Gasteiger partial charge in [0.1, 0.15) is 0 Å². The molecule has 16 heavy (non-hydrogen) atoms. The molecule has 0 spiro atoms. The maximum atomic E-state index is 12.9. The molecule has 0 saturated heterocycles. The van der Waals surface area contributed by atoms with Crippen LogP contribution in [0.4, 0.5) is 13.6 Å². The van der Waals surface area contributed by atoms with Gasteiger partial charge in [-0.1, -0.05) is 6.07 Å². The molecule has 1 N–H and O–H groups in total. The molecule has 0 aromatic heterocycles. The maximum Gasteiger partial charge on any atom is 0.407 e. The van der Waals surface area contributed by atoms with Gasteiger partial charge in [0.15, 0.2) is 11.6 Å². The lowest BCUT2D eigenvalue weighted by molar-refractivity contribution is 0.149. The van der Waals surface area contributed by atoms with Crippen molar-refractivity contribution in [1.29, 1.82) is 0 Å². The highest BCUT2D eigenvalue weighted by Gasteiger charge is 2.12. The molecule has 1 aromatic rings. The highest BCUT2D eigenvalue weighted by Crippen LogP contribution is 2.15. The molecule has 1 atom stereocenters. The summed E-state index contributed by atoms with van der Waals surface area (Å²) in [4.78, 5) is 11.1. The lowest BCUT2D eigenvalue weighted by atomic mass is 10.1. The molecule has 1 aromatic carbocycles. The van der Waals surface area contributed by atoms with Crippen LogP contribution in [0.5, 0.6) is 0 Å². The Labute approximate surface area is 92.4 Å². The summed E-state index contributed by atoms with van der Waals surface area (Å²) in [7, 11) is 0. The number of nitrogens with one attached hydrogen (secondary N) is 1. The molecule has 0 aliphatic carbocycles. The Morgan fingerprint density at radius 3 is 2.69 bits per heavy atom. The first-order valence-electron chi connectivity index (χ1n) is 4.92. The Bertz CT molecular complexity index is 382. The molecular formula is C11H13F2NO2. The molecule has 0 saturated carbocycles. The fourth-order valence-corrected chi connectivity index (χ4v) is 1.21. The Hall–Kier alpha value is -1.65. The van der Waals surface area contributed by atoms with E-state index in [9.17, 15) is 13.6 Å². The van der Waals surface area contributed by atoms with Crippen LogP contribution < -0.4 is 5.32 Å². The first kappa shape index (κ1) is 12.4. The van der Waals surface area contributed by atoms with Gasteiger partial charge in [-0.25, -0.2) is 13.6 Å². The van der Waals surface area contributed by atoms with Crippen molar-refractivity contribution >= 4 is 6.09 Å². The van der Waals surface area contributed by atoms with Gasteiger partial charge < -0.3 is 10.1 Å². The summed E-state index contributed by atoms with van der Waals surface area (Å²) in [5.74, 6) is -1.85. The van der Waals surface area contributed by atoms with Gasteiger partial charge in [-0.3, -0.25) is 0 Å². The minimum Gasteiger partial charge on any atom is -0.450 e. The lowest BCUT2D eigenvalue weighted by Gasteiger charge is -2.13. The van der Waals surface area contributed by atoms with E-state index in [1.54, 1.807) is 13.8 Å². The van der Waals surface area contributed by atoms with E-state index in [1.165, 1.54) is 6.07 Å². The van der Waals surface area contributed by atoms with Gasteiger partial charge in [-0.05, 0) is 31.5 Å². The van der Waals surface area contributed by atoms with Crippen molar-refractivity contribution in [2.24, 2.45) is 0 Å². The second kappa shape index (κ2) is 5.44. The number of rotatable bonds is 3. The third-order valence-electron chi connectivity index (χ3n) is 2.05. The summed E-state index contributed by atoms with van der Waals surface area (Å²) in [5, 5.41) is 2.49.